The Morgan fingerprint density at radius 1 is 1.75 bits per heavy atom. The van der Waals surface area contributed by atoms with Gasteiger partial charge in [0.05, 0.1) is 0 Å². The van der Waals surface area contributed by atoms with Crippen molar-refractivity contribution in [2.75, 3.05) is 0 Å². The van der Waals surface area contributed by atoms with Gasteiger partial charge < -0.3 is 10.4 Å². The summed E-state index contributed by atoms with van der Waals surface area (Å²) in [4.78, 5) is 0. The number of nitrogens with two attached hydrogens (primary N) is 1. The number of amidine groups is 1. The number of thiocyanates is 1. The maximum Gasteiger partial charge on any atom is 0.305 e. The fourth-order valence-electron chi connectivity index (χ4n) is 0.318. The molecular formula is C3H4N5O3S-. The van der Waals surface area contributed by atoms with E-state index in [0.717, 1.165) is 5.40 Å². The van der Waals surface area contributed by atoms with Crippen LogP contribution in [0.2, 0.25) is 0 Å². The van der Waals surface area contributed by atoms with Crippen LogP contribution in [-0.2, 0) is 9.84 Å². The first kappa shape index (κ1) is 10.5. The number of hydrazine groups is 1. The fraction of sp³-hybridized carbons (Fsp3) is 0. The molecule has 0 unspecified atom stereocenters. The molecule has 0 aliphatic carbocycles. The first-order valence-corrected chi connectivity index (χ1v) is 3.85. The Morgan fingerprint density at radius 2 is 2.25 bits per heavy atom. The van der Waals surface area contributed by atoms with E-state index in [4.69, 9.17) is 5.26 Å². The van der Waals surface area contributed by atoms with E-state index in [1.165, 1.54) is 0 Å². The van der Waals surface area contributed by atoms with Crippen LogP contribution < -0.4 is 5.84 Å². The molecule has 0 saturated carbocycles. The molecule has 0 heterocycles. The molecule has 0 aliphatic rings. The van der Waals surface area contributed by atoms with Gasteiger partial charge in [-0.05, 0) is 0 Å². The minimum atomic E-state index is -4.41. The minimum absolute atomic E-state index is 0.576. The van der Waals surface area contributed by atoms with Crippen molar-refractivity contribution in [3.8, 4) is 5.40 Å². The lowest BCUT2D eigenvalue weighted by Gasteiger charge is -2.21. The number of rotatable bonds is 1. The maximum absolute atomic E-state index is 10.6. The van der Waals surface area contributed by atoms with Crippen LogP contribution in [0.25, 0.3) is 0 Å². The highest BCUT2D eigenvalue weighted by atomic mass is 32.2. The van der Waals surface area contributed by atoms with Crippen LogP contribution >= 0.6 is 0 Å². The minimum Gasteiger partial charge on any atom is -0.742 e. The van der Waals surface area contributed by atoms with E-state index in [0.29, 0.717) is 0 Å². The van der Waals surface area contributed by atoms with Crippen LogP contribution in [0.3, 0.4) is 0 Å². The van der Waals surface area contributed by atoms with Crippen molar-refractivity contribution in [2.45, 2.75) is 0 Å². The summed E-state index contributed by atoms with van der Waals surface area (Å²) in [6, 6.07) is 0. The van der Waals surface area contributed by atoms with Crippen molar-refractivity contribution in [1.82, 2.24) is 5.17 Å². The summed E-state index contributed by atoms with van der Waals surface area (Å²) in [6.45, 7) is 2.80. The van der Waals surface area contributed by atoms with Crippen molar-refractivity contribution in [2.24, 2.45) is 16.0 Å². The second-order valence-corrected chi connectivity index (χ2v) is 3.00. The first-order valence-electron chi connectivity index (χ1n) is 2.37. The SMILES string of the molecule is C=N/N=C(\N(N)[O-])S(=O)(=O)C#N. The summed E-state index contributed by atoms with van der Waals surface area (Å²) in [5.41, 5.74) is 0. The van der Waals surface area contributed by atoms with E-state index in [1.807, 2.05) is 0 Å². The zero-order valence-corrected chi connectivity index (χ0v) is 6.52. The summed E-state index contributed by atoms with van der Waals surface area (Å²) >= 11 is 0. The summed E-state index contributed by atoms with van der Waals surface area (Å²) < 4.78 is 21.3. The lowest BCUT2D eigenvalue weighted by molar-refractivity contribution is 0.582. The van der Waals surface area contributed by atoms with Crippen molar-refractivity contribution >= 4 is 21.7 Å². The van der Waals surface area contributed by atoms with Gasteiger partial charge in [-0.2, -0.15) is 10.4 Å². The molecule has 9 heteroatoms. The highest BCUT2D eigenvalue weighted by molar-refractivity contribution is 8.10. The van der Waals surface area contributed by atoms with Crippen molar-refractivity contribution in [1.29, 1.82) is 5.26 Å². The fourth-order valence-corrected chi connectivity index (χ4v) is 0.801. The quantitative estimate of drug-likeness (QED) is 0.134. The second kappa shape index (κ2) is 3.77. The highest BCUT2D eigenvalue weighted by Crippen LogP contribution is 1.95. The molecule has 2 N–H and O–H groups in total. The van der Waals surface area contributed by atoms with E-state index in [9.17, 15) is 13.6 Å². The van der Waals surface area contributed by atoms with Crippen molar-refractivity contribution in [3.63, 3.8) is 0 Å². The van der Waals surface area contributed by atoms with Gasteiger partial charge in [0.2, 0.25) is 5.40 Å². The molecule has 0 atom stereocenters. The average Bonchev–Trinajstić information content (AvgIpc) is 1.99. The Morgan fingerprint density at radius 3 is 2.50 bits per heavy atom. The van der Waals surface area contributed by atoms with Gasteiger partial charge in [-0.3, -0.25) is 5.84 Å². The van der Waals surface area contributed by atoms with E-state index >= 15 is 0 Å². The van der Waals surface area contributed by atoms with Crippen LogP contribution in [0.1, 0.15) is 0 Å². The van der Waals surface area contributed by atoms with E-state index in [1.54, 1.807) is 0 Å². The predicted octanol–water partition coefficient (Wildman–Crippen LogP) is -1.47. The number of sulfone groups is 1. The third-order valence-electron chi connectivity index (χ3n) is 0.705. The molecule has 0 spiro atoms. The molecule has 0 bridgehead atoms. The average molecular weight is 190 g/mol. The van der Waals surface area contributed by atoms with Crippen molar-refractivity contribution < 1.29 is 8.42 Å². The van der Waals surface area contributed by atoms with Gasteiger partial charge >= 0.3 is 9.84 Å². The van der Waals surface area contributed by atoms with Crippen LogP contribution in [0.5, 0.6) is 0 Å². The van der Waals surface area contributed by atoms with Gasteiger partial charge in [-0.15, -0.1) is 5.10 Å². The summed E-state index contributed by atoms with van der Waals surface area (Å²) in [7, 11) is -4.41. The number of hydroxylamine groups is 1. The summed E-state index contributed by atoms with van der Waals surface area (Å²) in [5, 5.41) is 22.9. The Balaban J connectivity index is 5.21. The van der Waals surface area contributed by atoms with Gasteiger partial charge in [0.1, 0.15) is 0 Å². The van der Waals surface area contributed by atoms with E-state index in [-0.39, 0.29) is 0 Å². The molecule has 8 nitrogen and oxygen atoms in total. The molecule has 0 aromatic heterocycles. The molecule has 0 aromatic rings. The molecule has 0 aromatic carbocycles. The Kier molecular flexibility index (Phi) is 3.30. The third kappa shape index (κ3) is 2.27. The van der Waals surface area contributed by atoms with Crippen LogP contribution in [-0.4, -0.2) is 25.5 Å². The standard InChI is InChI=1S/C3H4N5O3S/c1-6-7-3(8(5)9)12(10,11)2-4/h1,5H2/q-1/b7-3+. The molecule has 12 heavy (non-hydrogen) atoms. The molecule has 0 radical (unpaired) electrons. The van der Waals surface area contributed by atoms with Gasteiger partial charge in [0.25, 0.3) is 5.17 Å². The van der Waals surface area contributed by atoms with Gasteiger partial charge in [0, 0.05) is 6.72 Å². The monoisotopic (exact) mass is 190 g/mol. The van der Waals surface area contributed by atoms with Gasteiger partial charge in [-0.25, -0.2) is 8.42 Å². The van der Waals surface area contributed by atoms with Crippen LogP contribution in [0.4, 0.5) is 0 Å². The topological polar surface area (TPSA) is 135 Å². The normalized spacial score (nSPS) is 11.9. The molecular weight excluding hydrogens is 186 g/mol. The maximum atomic E-state index is 10.6. The molecule has 0 aliphatic heterocycles. The second-order valence-electron chi connectivity index (χ2n) is 1.44. The Bertz CT molecular complexity index is 335. The highest BCUT2D eigenvalue weighted by Gasteiger charge is 2.19. The van der Waals surface area contributed by atoms with E-state index in [2.05, 4.69) is 22.8 Å². The molecule has 0 amide bonds. The van der Waals surface area contributed by atoms with E-state index < -0.39 is 20.2 Å². The first-order chi connectivity index (χ1) is 5.45. The number of hydrogen-bond acceptors (Lipinski definition) is 7. The molecule has 0 fully saturated rings. The summed E-state index contributed by atoms with van der Waals surface area (Å²) in [6.07, 6.45) is 0. The van der Waals surface area contributed by atoms with Gasteiger partial charge in [0.15, 0.2) is 0 Å². The molecule has 0 saturated heterocycles. The van der Waals surface area contributed by atoms with Crippen molar-refractivity contribution in [3.05, 3.63) is 5.21 Å². The zero-order valence-electron chi connectivity index (χ0n) is 5.71. The molecule has 0 rings (SSSR count). The zero-order chi connectivity index (χ0) is 9.78. The van der Waals surface area contributed by atoms with Gasteiger partial charge in [-0.1, -0.05) is 0 Å². The molecule has 66 valence electrons. The largest absolute Gasteiger partial charge is 0.742 e. The number of hydrogen-bond donors (Lipinski definition) is 1. The Hall–Kier alpha value is -1.50. The number of nitrogens with zero attached hydrogens (tertiary/aromatic N) is 4. The number of nitriles is 1. The van der Waals surface area contributed by atoms with Crippen LogP contribution in [0, 0.1) is 15.9 Å². The third-order valence-corrected chi connectivity index (χ3v) is 1.69. The smallest absolute Gasteiger partial charge is 0.305 e. The predicted molar refractivity (Wildman–Crippen MR) is 40.9 cm³/mol. The summed E-state index contributed by atoms with van der Waals surface area (Å²) in [5.74, 6) is 4.51. The Labute approximate surface area is 68.1 Å². The lowest BCUT2D eigenvalue weighted by atomic mass is 11.3. The van der Waals surface area contributed by atoms with Crippen LogP contribution in [0.15, 0.2) is 10.2 Å². The lowest BCUT2D eigenvalue weighted by Crippen LogP contribution is -2.36.